The third kappa shape index (κ3) is 2.17. The highest BCUT2D eigenvalue weighted by Crippen LogP contribution is 2.36. The summed E-state index contributed by atoms with van der Waals surface area (Å²) < 4.78 is 0. The number of fused-ring (bicyclic) bond motifs is 2. The Labute approximate surface area is 129 Å². The lowest BCUT2D eigenvalue weighted by molar-refractivity contribution is 0.0980. The van der Waals surface area contributed by atoms with Gasteiger partial charge >= 0.3 is 0 Å². The topological polar surface area (TPSA) is 72.2 Å². The van der Waals surface area contributed by atoms with Gasteiger partial charge in [-0.25, -0.2) is 0 Å². The number of benzene rings is 2. The van der Waals surface area contributed by atoms with Gasteiger partial charge in [0.15, 0.2) is 11.6 Å². The molecular formula is C18H18N2O2. The Morgan fingerprint density at radius 3 is 1.95 bits per heavy atom. The Morgan fingerprint density at radius 1 is 0.864 bits per heavy atom. The molecule has 22 heavy (non-hydrogen) atoms. The summed E-state index contributed by atoms with van der Waals surface area (Å²) in [5, 5.41) is 3.29. The molecule has 2 aromatic rings. The maximum Gasteiger partial charge on any atom is 0.196 e. The zero-order valence-electron chi connectivity index (χ0n) is 12.9. The second-order valence-electron chi connectivity index (χ2n) is 6.53. The van der Waals surface area contributed by atoms with E-state index in [2.05, 4.69) is 5.32 Å². The number of nitrogens with one attached hydrogen (secondary N) is 1. The van der Waals surface area contributed by atoms with E-state index in [1.807, 2.05) is 20.8 Å². The first-order valence-electron chi connectivity index (χ1n) is 7.18. The van der Waals surface area contributed by atoms with Crippen molar-refractivity contribution in [1.29, 1.82) is 0 Å². The maximum absolute atomic E-state index is 12.9. The highest BCUT2D eigenvalue weighted by Gasteiger charge is 2.33. The first-order chi connectivity index (χ1) is 10.3. The minimum absolute atomic E-state index is 0.163. The second kappa shape index (κ2) is 4.70. The molecule has 4 nitrogen and oxygen atoms in total. The van der Waals surface area contributed by atoms with Crippen molar-refractivity contribution in [2.24, 2.45) is 0 Å². The summed E-state index contributed by atoms with van der Waals surface area (Å²) in [6.07, 6.45) is 0. The number of anilines is 2. The highest BCUT2D eigenvalue weighted by atomic mass is 16.1. The number of nitrogens with two attached hydrogens (primary N) is 1. The minimum Gasteiger partial charge on any atom is -0.398 e. The van der Waals surface area contributed by atoms with Crippen molar-refractivity contribution in [3.05, 3.63) is 58.7 Å². The smallest absolute Gasteiger partial charge is 0.196 e. The van der Waals surface area contributed by atoms with Crippen molar-refractivity contribution >= 4 is 22.9 Å². The molecule has 0 unspecified atom stereocenters. The molecule has 4 heteroatoms. The lowest BCUT2D eigenvalue weighted by atomic mass is 9.82. The van der Waals surface area contributed by atoms with Crippen molar-refractivity contribution < 1.29 is 9.59 Å². The predicted molar refractivity (Wildman–Crippen MR) is 87.5 cm³/mol. The Morgan fingerprint density at radius 2 is 1.41 bits per heavy atom. The molecule has 0 spiro atoms. The van der Waals surface area contributed by atoms with Crippen LogP contribution in [-0.2, 0) is 0 Å². The number of nitrogen functional groups attached to an aromatic ring is 1. The molecule has 0 atom stereocenters. The third-order valence-electron chi connectivity index (χ3n) is 3.62. The molecule has 0 heterocycles. The van der Waals surface area contributed by atoms with E-state index in [4.69, 9.17) is 5.73 Å². The van der Waals surface area contributed by atoms with Crippen LogP contribution in [0.5, 0.6) is 0 Å². The molecular weight excluding hydrogens is 276 g/mol. The zero-order valence-corrected chi connectivity index (χ0v) is 12.9. The van der Waals surface area contributed by atoms with E-state index >= 15 is 0 Å². The van der Waals surface area contributed by atoms with Crippen LogP contribution in [0.1, 0.15) is 52.6 Å². The van der Waals surface area contributed by atoms with Gasteiger partial charge in [-0.1, -0.05) is 24.3 Å². The largest absolute Gasteiger partial charge is 0.398 e. The van der Waals surface area contributed by atoms with E-state index in [0.29, 0.717) is 33.6 Å². The van der Waals surface area contributed by atoms with E-state index in [1.54, 1.807) is 36.4 Å². The number of carbonyl (C=O) groups excluding carboxylic acids is 2. The van der Waals surface area contributed by atoms with Crippen LogP contribution in [0.15, 0.2) is 36.4 Å². The first kappa shape index (κ1) is 14.3. The highest BCUT2D eigenvalue weighted by molar-refractivity contribution is 6.31. The summed E-state index contributed by atoms with van der Waals surface area (Å²) in [4.78, 5) is 25.6. The summed E-state index contributed by atoms with van der Waals surface area (Å²) >= 11 is 0. The van der Waals surface area contributed by atoms with Gasteiger partial charge in [-0.15, -0.1) is 0 Å². The Bertz CT molecular complexity index is 801. The first-order valence-corrected chi connectivity index (χ1v) is 7.18. The third-order valence-corrected chi connectivity index (χ3v) is 3.62. The summed E-state index contributed by atoms with van der Waals surface area (Å²) in [7, 11) is 0. The average molecular weight is 294 g/mol. The van der Waals surface area contributed by atoms with Crippen molar-refractivity contribution in [2.45, 2.75) is 26.3 Å². The van der Waals surface area contributed by atoms with E-state index in [9.17, 15) is 9.59 Å². The van der Waals surface area contributed by atoms with Gasteiger partial charge in [0.1, 0.15) is 0 Å². The summed E-state index contributed by atoms with van der Waals surface area (Å²) in [6.45, 7) is 6.00. The van der Waals surface area contributed by atoms with Crippen LogP contribution in [0.25, 0.3) is 0 Å². The fourth-order valence-electron chi connectivity index (χ4n) is 2.76. The van der Waals surface area contributed by atoms with Crippen molar-refractivity contribution in [3.63, 3.8) is 0 Å². The molecule has 0 bridgehead atoms. The molecule has 0 aliphatic heterocycles. The van der Waals surface area contributed by atoms with Gasteiger partial charge in [-0.2, -0.15) is 0 Å². The van der Waals surface area contributed by atoms with E-state index in [1.165, 1.54) is 0 Å². The van der Waals surface area contributed by atoms with Gasteiger partial charge in [0.05, 0.1) is 11.1 Å². The van der Waals surface area contributed by atoms with Gasteiger partial charge < -0.3 is 11.1 Å². The van der Waals surface area contributed by atoms with E-state index < -0.39 is 0 Å². The van der Waals surface area contributed by atoms with E-state index in [0.717, 1.165) is 0 Å². The molecule has 1 aliphatic carbocycles. The molecule has 0 aromatic heterocycles. The van der Waals surface area contributed by atoms with Gasteiger partial charge in [0.25, 0.3) is 0 Å². The molecule has 0 saturated carbocycles. The fourth-order valence-corrected chi connectivity index (χ4v) is 2.76. The van der Waals surface area contributed by atoms with E-state index in [-0.39, 0.29) is 17.1 Å². The average Bonchev–Trinajstić information content (AvgIpc) is 2.45. The summed E-state index contributed by atoms with van der Waals surface area (Å²) in [5.41, 5.74) is 8.26. The van der Waals surface area contributed by atoms with Crippen LogP contribution in [0.3, 0.4) is 0 Å². The maximum atomic E-state index is 12.9. The molecule has 112 valence electrons. The van der Waals surface area contributed by atoms with Crippen LogP contribution >= 0.6 is 0 Å². The molecule has 1 aliphatic rings. The number of hydrogen-bond acceptors (Lipinski definition) is 4. The summed E-state index contributed by atoms with van der Waals surface area (Å²) in [6, 6.07) is 10.3. The monoisotopic (exact) mass is 294 g/mol. The van der Waals surface area contributed by atoms with Gasteiger partial charge in [0.2, 0.25) is 0 Å². The molecule has 3 N–H and O–H groups in total. The van der Waals surface area contributed by atoms with Crippen molar-refractivity contribution in [3.8, 4) is 0 Å². The Hall–Kier alpha value is -2.62. The molecule has 0 radical (unpaired) electrons. The van der Waals surface area contributed by atoms with Crippen LogP contribution in [-0.4, -0.2) is 17.1 Å². The molecule has 0 amide bonds. The predicted octanol–water partition coefficient (Wildman–Crippen LogP) is 3.25. The number of rotatable bonds is 1. The van der Waals surface area contributed by atoms with Crippen LogP contribution in [0, 0.1) is 0 Å². The lowest BCUT2D eigenvalue weighted by Gasteiger charge is -2.27. The SMILES string of the molecule is CC(C)(C)Nc1ccc(N)c2c1C(=O)c1ccccc1C2=O. The minimum atomic E-state index is -0.232. The quantitative estimate of drug-likeness (QED) is 0.676. The Balaban J connectivity index is 2.27. The van der Waals surface area contributed by atoms with Crippen LogP contribution in [0.2, 0.25) is 0 Å². The Kier molecular flexibility index (Phi) is 3.06. The van der Waals surface area contributed by atoms with Crippen LogP contribution in [0.4, 0.5) is 11.4 Å². The fraction of sp³-hybridized carbons (Fsp3) is 0.222. The van der Waals surface area contributed by atoms with Gasteiger partial charge in [-0.3, -0.25) is 9.59 Å². The lowest BCUT2D eigenvalue weighted by Crippen LogP contribution is -2.30. The number of hydrogen-bond donors (Lipinski definition) is 2. The normalized spacial score (nSPS) is 13.6. The van der Waals surface area contributed by atoms with Crippen molar-refractivity contribution in [2.75, 3.05) is 11.1 Å². The van der Waals surface area contributed by atoms with Crippen LogP contribution < -0.4 is 11.1 Å². The summed E-state index contributed by atoms with van der Waals surface area (Å²) in [5.74, 6) is -0.357. The molecule has 0 fully saturated rings. The molecule has 2 aromatic carbocycles. The number of ketones is 2. The van der Waals surface area contributed by atoms with Gasteiger partial charge in [-0.05, 0) is 32.9 Å². The zero-order chi connectivity index (χ0) is 16.1. The standard InChI is InChI=1S/C18H18N2O2/c1-18(2,3)20-13-9-8-12(19)14-15(13)17(22)11-7-5-4-6-10(11)16(14)21/h4-9,20H,19H2,1-3H3. The number of carbonyl (C=O) groups is 2. The molecule has 0 saturated heterocycles. The second-order valence-corrected chi connectivity index (χ2v) is 6.53. The molecule has 3 rings (SSSR count). The van der Waals surface area contributed by atoms with Gasteiger partial charge in [0, 0.05) is 28.0 Å². The van der Waals surface area contributed by atoms with Crippen molar-refractivity contribution in [1.82, 2.24) is 0 Å².